The van der Waals surface area contributed by atoms with E-state index in [4.69, 9.17) is 4.74 Å². The highest BCUT2D eigenvalue weighted by molar-refractivity contribution is 5.33. The number of benzene rings is 2. The predicted octanol–water partition coefficient (Wildman–Crippen LogP) is 8.64. The zero-order valence-corrected chi connectivity index (χ0v) is 20.4. The number of methoxy groups -OCH3 is 1. The molecule has 0 unspecified atom stereocenters. The Kier molecular flexibility index (Phi) is 8.44. The normalized spacial score (nSPS) is 25.7. The maximum atomic E-state index is 14.5. The lowest BCUT2D eigenvalue weighted by molar-refractivity contribution is 0.156. The van der Waals surface area contributed by atoms with E-state index in [1.165, 1.54) is 69.6 Å². The van der Waals surface area contributed by atoms with E-state index in [0.29, 0.717) is 5.56 Å². The van der Waals surface area contributed by atoms with Crippen molar-refractivity contribution in [2.45, 2.75) is 89.9 Å². The van der Waals surface area contributed by atoms with Gasteiger partial charge in [-0.2, -0.15) is 4.39 Å². The zero-order valence-electron chi connectivity index (χ0n) is 20.4. The van der Waals surface area contributed by atoms with Gasteiger partial charge >= 0.3 is 0 Å². The minimum atomic E-state index is -0.840. The van der Waals surface area contributed by atoms with Gasteiger partial charge < -0.3 is 4.74 Å². The van der Waals surface area contributed by atoms with Crippen LogP contribution in [0.5, 0.6) is 5.75 Å². The van der Waals surface area contributed by atoms with Crippen LogP contribution in [0.3, 0.4) is 0 Å². The minimum Gasteiger partial charge on any atom is -0.494 e. The van der Waals surface area contributed by atoms with E-state index in [1.807, 2.05) is 0 Å². The van der Waals surface area contributed by atoms with Crippen molar-refractivity contribution in [1.29, 1.82) is 0 Å². The van der Waals surface area contributed by atoms with Crippen molar-refractivity contribution in [2.24, 2.45) is 17.8 Å². The molecule has 2 fully saturated rings. The summed E-state index contributed by atoms with van der Waals surface area (Å²) >= 11 is 0. The first-order chi connectivity index (χ1) is 16.1. The molecular formula is C30H40F2O. The first-order valence-electron chi connectivity index (χ1n) is 13.2. The predicted molar refractivity (Wildman–Crippen MR) is 132 cm³/mol. The van der Waals surface area contributed by atoms with Crippen molar-refractivity contribution in [3.63, 3.8) is 0 Å². The minimum absolute atomic E-state index is 0.00444. The van der Waals surface area contributed by atoms with E-state index in [9.17, 15) is 8.78 Å². The molecule has 0 aromatic heterocycles. The quantitative estimate of drug-likeness (QED) is 0.388. The molecule has 0 atom stereocenters. The molecule has 0 amide bonds. The van der Waals surface area contributed by atoms with Gasteiger partial charge in [0.25, 0.3) is 0 Å². The Morgan fingerprint density at radius 3 is 1.88 bits per heavy atom. The summed E-state index contributed by atoms with van der Waals surface area (Å²) in [4.78, 5) is 0. The fourth-order valence-corrected chi connectivity index (χ4v) is 6.40. The van der Waals surface area contributed by atoms with Crippen molar-refractivity contribution < 1.29 is 13.5 Å². The second-order valence-electron chi connectivity index (χ2n) is 10.5. The van der Waals surface area contributed by atoms with Gasteiger partial charge in [0.1, 0.15) is 0 Å². The van der Waals surface area contributed by atoms with Crippen molar-refractivity contribution in [3.8, 4) is 5.75 Å². The highest BCUT2D eigenvalue weighted by Gasteiger charge is 2.32. The molecule has 180 valence electrons. The first-order valence-corrected chi connectivity index (χ1v) is 13.2. The van der Waals surface area contributed by atoms with E-state index in [-0.39, 0.29) is 11.7 Å². The maximum Gasteiger partial charge on any atom is 0.200 e. The van der Waals surface area contributed by atoms with Crippen LogP contribution in [0.25, 0.3) is 0 Å². The monoisotopic (exact) mass is 454 g/mol. The third kappa shape index (κ3) is 5.97. The van der Waals surface area contributed by atoms with Gasteiger partial charge in [0.2, 0.25) is 5.82 Å². The molecule has 2 saturated carbocycles. The van der Waals surface area contributed by atoms with Crippen LogP contribution in [0.2, 0.25) is 0 Å². The Morgan fingerprint density at radius 2 is 1.30 bits per heavy atom. The lowest BCUT2D eigenvalue weighted by Crippen LogP contribution is -2.26. The van der Waals surface area contributed by atoms with Crippen molar-refractivity contribution in [2.75, 3.05) is 7.11 Å². The lowest BCUT2D eigenvalue weighted by Gasteiger charge is -2.38. The highest BCUT2D eigenvalue weighted by atomic mass is 19.2. The van der Waals surface area contributed by atoms with Gasteiger partial charge in [0, 0.05) is 0 Å². The van der Waals surface area contributed by atoms with Gasteiger partial charge in [-0.15, -0.1) is 0 Å². The largest absolute Gasteiger partial charge is 0.494 e. The second-order valence-corrected chi connectivity index (χ2v) is 10.5. The van der Waals surface area contributed by atoms with Crippen LogP contribution >= 0.6 is 0 Å². The molecular weight excluding hydrogens is 414 g/mol. The van der Waals surface area contributed by atoms with Crippen LogP contribution in [0.4, 0.5) is 8.78 Å². The van der Waals surface area contributed by atoms with Crippen LogP contribution in [0, 0.1) is 29.4 Å². The summed E-state index contributed by atoms with van der Waals surface area (Å²) in [5, 5.41) is 0. The second kappa shape index (κ2) is 11.5. The fraction of sp³-hybridized carbons (Fsp3) is 0.600. The first kappa shape index (κ1) is 24.2. The number of hydrogen-bond donors (Lipinski definition) is 0. The SMILES string of the molecule is CCCc1ccc(CCC2CCC(C3CCC(c4ccc(OC)c(F)c4F)CC3)CC2)cc1. The number of rotatable bonds is 8. The Hall–Kier alpha value is -1.90. The Labute approximate surface area is 198 Å². The molecule has 0 spiro atoms. The van der Waals surface area contributed by atoms with Crippen LogP contribution in [0.1, 0.15) is 93.7 Å². The van der Waals surface area contributed by atoms with Crippen LogP contribution < -0.4 is 4.74 Å². The summed E-state index contributed by atoms with van der Waals surface area (Å²) in [6.45, 7) is 2.23. The maximum absolute atomic E-state index is 14.5. The van der Waals surface area contributed by atoms with Crippen LogP contribution in [0.15, 0.2) is 36.4 Å². The highest BCUT2D eigenvalue weighted by Crippen LogP contribution is 2.45. The standard InChI is InChI=1S/C30H40F2O/c1-3-4-21-5-7-22(8-6-21)9-10-23-11-13-24(14-12-23)25-15-17-26(18-16-25)27-19-20-28(33-2)30(32)29(27)31/h5-8,19-20,23-26H,3-4,9-18H2,1-2H3. The summed E-state index contributed by atoms with van der Waals surface area (Å²) in [6.07, 6.45) is 14.6. The molecule has 0 saturated heterocycles. The molecule has 0 heterocycles. The molecule has 0 N–H and O–H groups in total. The van der Waals surface area contributed by atoms with Gasteiger partial charge in [-0.3, -0.25) is 0 Å². The molecule has 2 aliphatic carbocycles. The smallest absolute Gasteiger partial charge is 0.200 e. The van der Waals surface area contributed by atoms with Crippen molar-refractivity contribution in [1.82, 2.24) is 0 Å². The van der Waals surface area contributed by atoms with Crippen LogP contribution in [-0.4, -0.2) is 7.11 Å². The van der Waals surface area contributed by atoms with E-state index in [0.717, 1.165) is 43.4 Å². The van der Waals surface area contributed by atoms with Gasteiger partial charge in [0.05, 0.1) is 7.11 Å². The molecule has 3 heteroatoms. The van der Waals surface area contributed by atoms with E-state index >= 15 is 0 Å². The van der Waals surface area contributed by atoms with E-state index in [1.54, 1.807) is 12.1 Å². The third-order valence-electron chi connectivity index (χ3n) is 8.47. The van der Waals surface area contributed by atoms with E-state index in [2.05, 4.69) is 31.2 Å². The zero-order chi connectivity index (χ0) is 23.2. The third-order valence-corrected chi connectivity index (χ3v) is 8.47. The number of halogens is 2. The number of ether oxygens (including phenoxy) is 1. The van der Waals surface area contributed by atoms with Crippen molar-refractivity contribution in [3.05, 3.63) is 64.7 Å². The molecule has 0 bridgehead atoms. The Bertz CT molecular complexity index is 875. The summed E-state index contributed by atoms with van der Waals surface area (Å²) < 4.78 is 33.6. The molecule has 1 nitrogen and oxygen atoms in total. The Balaban J connectivity index is 1.21. The topological polar surface area (TPSA) is 9.23 Å². The van der Waals surface area contributed by atoms with Gasteiger partial charge in [-0.05, 0) is 104 Å². The molecule has 2 aromatic rings. The average molecular weight is 455 g/mol. The van der Waals surface area contributed by atoms with Gasteiger partial charge in [0.15, 0.2) is 11.6 Å². The van der Waals surface area contributed by atoms with Gasteiger partial charge in [-0.25, -0.2) is 4.39 Å². The van der Waals surface area contributed by atoms with E-state index < -0.39 is 11.6 Å². The summed E-state index contributed by atoms with van der Waals surface area (Å²) in [7, 11) is 1.38. The van der Waals surface area contributed by atoms with Gasteiger partial charge in [-0.1, -0.05) is 56.5 Å². The molecule has 0 aliphatic heterocycles. The summed E-state index contributed by atoms with van der Waals surface area (Å²) in [5.74, 6) is 1.04. The fourth-order valence-electron chi connectivity index (χ4n) is 6.40. The summed E-state index contributed by atoms with van der Waals surface area (Å²) in [5.41, 5.74) is 3.48. The lowest BCUT2D eigenvalue weighted by atomic mass is 9.68. The van der Waals surface area contributed by atoms with Crippen molar-refractivity contribution >= 4 is 0 Å². The van der Waals surface area contributed by atoms with Crippen LogP contribution in [-0.2, 0) is 12.8 Å². The number of hydrogen-bond acceptors (Lipinski definition) is 1. The molecule has 4 rings (SSSR count). The number of aryl methyl sites for hydroxylation is 2. The molecule has 33 heavy (non-hydrogen) atoms. The molecule has 2 aromatic carbocycles. The summed E-state index contributed by atoms with van der Waals surface area (Å²) in [6, 6.07) is 12.6. The average Bonchev–Trinajstić information content (AvgIpc) is 2.86. The molecule has 2 aliphatic rings. The molecule has 0 radical (unpaired) electrons. The Morgan fingerprint density at radius 1 is 0.727 bits per heavy atom.